The van der Waals surface area contributed by atoms with Crippen LogP contribution in [0.5, 0.6) is 5.95 Å². The second kappa shape index (κ2) is 7.41. The number of aromatic nitrogens is 1. The molecule has 1 aromatic heterocycles. The summed E-state index contributed by atoms with van der Waals surface area (Å²) in [5.74, 6) is 0.722. The van der Waals surface area contributed by atoms with E-state index in [4.69, 9.17) is 14.1 Å². The summed E-state index contributed by atoms with van der Waals surface area (Å²) in [5.41, 5.74) is 1.93. The number of oxazole rings is 1. The van der Waals surface area contributed by atoms with E-state index in [9.17, 15) is 5.11 Å². The minimum atomic E-state index is -0.231. The Labute approximate surface area is 151 Å². The fourth-order valence-electron chi connectivity index (χ4n) is 2.84. The number of morpholine rings is 1. The first kappa shape index (κ1) is 16.4. The van der Waals surface area contributed by atoms with Gasteiger partial charge in [0.25, 0.3) is 0 Å². The van der Waals surface area contributed by atoms with Crippen LogP contribution in [0.1, 0.15) is 5.69 Å². The lowest BCUT2D eigenvalue weighted by Gasteiger charge is -2.28. The number of nitrogens with zero attached hydrogens (tertiary/aromatic N) is 3. The van der Waals surface area contributed by atoms with Crippen molar-refractivity contribution in [1.29, 1.82) is 0 Å². The quantitative estimate of drug-likeness (QED) is 0.579. The van der Waals surface area contributed by atoms with Gasteiger partial charge in [-0.25, -0.2) is 9.98 Å². The number of aromatic hydroxyl groups is 1. The zero-order chi connectivity index (χ0) is 17.8. The molecular weight excluding hydrogens is 330 g/mol. The van der Waals surface area contributed by atoms with Crippen LogP contribution >= 0.6 is 0 Å². The third-order valence-corrected chi connectivity index (χ3v) is 4.14. The number of hydrogen-bond acceptors (Lipinski definition) is 5. The molecule has 0 amide bonds. The summed E-state index contributed by atoms with van der Waals surface area (Å²) >= 11 is 0. The van der Waals surface area contributed by atoms with Gasteiger partial charge in [0.15, 0.2) is 11.5 Å². The number of amidine groups is 1. The minimum absolute atomic E-state index is 0.231. The third-order valence-electron chi connectivity index (χ3n) is 4.14. The highest BCUT2D eigenvalue weighted by Gasteiger charge is 2.25. The number of ether oxygens (including phenoxy) is 1. The van der Waals surface area contributed by atoms with Crippen LogP contribution in [0.4, 0.5) is 5.69 Å². The molecule has 0 bridgehead atoms. The Morgan fingerprint density at radius 3 is 2.31 bits per heavy atom. The maximum atomic E-state index is 10.4. The number of aliphatic imine (C=N–C) groups is 1. The molecular formula is C20H19N3O3. The van der Waals surface area contributed by atoms with E-state index in [0.29, 0.717) is 43.7 Å². The van der Waals surface area contributed by atoms with Gasteiger partial charge in [0.2, 0.25) is 5.89 Å². The van der Waals surface area contributed by atoms with E-state index < -0.39 is 0 Å². The van der Waals surface area contributed by atoms with Crippen molar-refractivity contribution in [1.82, 2.24) is 9.88 Å². The van der Waals surface area contributed by atoms with Crippen LogP contribution in [-0.2, 0) is 4.74 Å². The van der Waals surface area contributed by atoms with Crippen LogP contribution in [-0.4, -0.2) is 47.1 Å². The first-order chi connectivity index (χ1) is 12.8. The Morgan fingerprint density at radius 2 is 1.62 bits per heavy atom. The van der Waals surface area contributed by atoms with E-state index in [1.54, 1.807) is 0 Å². The lowest BCUT2D eigenvalue weighted by Crippen LogP contribution is -2.41. The first-order valence-electron chi connectivity index (χ1n) is 8.53. The monoisotopic (exact) mass is 349 g/mol. The van der Waals surface area contributed by atoms with E-state index in [1.807, 2.05) is 60.7 Å². The minimum Gasteiger partial charge on any atom is -0.479 e. The zero-order valence-electron chi connectivity index (χ0n) is 14.2. The molecule has 0 radical (unpaired) electrons. The topological polar surface area (TPSA) is 71.1 Å². The number of rotatable bonds is 3. The van der Waals surface area contributed by atoms with Crippen molar-refractivity contribution in [2.24, 2.45) is 4.99 Å². The van der Waals surface area contributed by atoms with Gasteiger partial charge in [0.1, 0.15) is 0 Å². The summed E-state index contributed by atoms with van der Waals surface area (Å²) < 4.78 is 11.0. The number of hydrogen-bond donors (Lipinski definition) is 1. The molecule has 0 spiro atoms. The second-order valence-electron chi connectivity index (χ2n) is 5.91. The maximum Gasteiger partial charge on any atom is 0.314 e. The average molecular weight is 349 g/mol. The van der Waals surface area contributed by atoms with Crippen molar-refractivity contribution < 1.29 is 14.3 Å². The summed E-state index contributed by atoms with van der Waals surface area (Å²) in [5, 5.41) is 10.4. The molecule has 1 saturated heterocycles. The molecule has 3 aromatic rings. The van der Waals surface area contributed by atoms with Crippen molar-refractivity contribution in [2.75, 3.05) is 26.3 Å². The van der Waals surface area contributed by atoms with Gasteiger partial charge < -0.3 is 19.2 Å². The Hall–Kier alpha value is -3.12. The van der Waals surface area contributed by atoms with Crippen molar-refractivity contribution in [3.63, 3.8) is 0 Å². The van der Waals surface area contributed by atoms with Gasteiger partial charge in [0.05, 0.1) is 18.9 Å². The molecule has 2 aromatic carbocycles. The Kier molecular flexibility index (Phi) is 4.66. The largest absolute Gasteiger partial charge is 0.479 e. The van der Waals surface area contributed by atoms with Crippen LogP contribution in [0.15, 0.2) is 70.1 Å². The summed E-state index contributed by atoms with van der Waals surface area (Å²) in [4.78, 5) is 11.3. The summed E-state index contributed by atoms with van der Waals surface area (Å²) in [6.45, 7) is 2.58. The smallest absolute Gasteiger partial charge is 0.314 e. The summed E-state index contributed by atoms with van der Waals surface area (Å²) in [7, 11) is 0. The normalized spacial score (nSPS) is 15.2. The number of benzene rings is 2. The highest BCUT2D eigenvalue weighted by Crippen LogP contribution is 2.28. The second-order valence-corrected chi connectivity index (χ2v) is 5.91. The predicted molar refractivity (Wildman–Crippen MR) is 98.6 cm³/mol. The molecule has 2 heterocycles. The molecule has 1 aliphatic rings. The molecule has 26 heavy (non-hydrogen) atoms. The average Bonchev–Trinajstić information content (AvgIpc) is 3.10. The van der Waals surface area contributed by atoms with E-state index in [1.165, 1.54) is 0 Å². The van der Waals surface area contributed by atoms with Gasteiger partial charge in [-0.3, -0.25) is 0 Å². The predicted octanol–water partition coefficient (Wildman–Crippen LogP) is 3.46. The molecule has 1 fully saturated rings. The van der Waals surface area contributed by atoms with Crippen LogP contribution in [0.3, 0.4) is 0 Å². The molecule has 4 rings (SSSR count). The van der Waals surface area contributed by atoms with Gasteiger partial charge in [0, 0.05) is 18.7 Å². The van der Waals surface area contributed by atoms with E-state index in [-0.39, 0.29) is 5.95 Å². The standard InChI is InChI=1S/C20H19N3O3/c24-20-17(22-19(26-20)15-7-3-1-4-8-15)18(23-11-13-25-14-12-23)21-16-9-5-2-6-10-16/h1-10,24H,11-14H2. The SMILES string of the molecule is Oc1oc(-c2ccccc2)nc1C(=Nc1ccccc1)N1CCOCC1. The lowest BCUT2D eigenvalue weighted by atomic mass is 10.2. The highest BCUT2D eigenvalue weighted by molar-refractivity contribution is 6.00. The summed E-state index contributed by atoms with van der Waals surface area (Å²) in [6.07, 6.45) is 0. The molecule has 0 saturated carbocycles. The zero-order valence-corrected chi connectivity index (χ0v) is 14.2. The van der Waals surface area contributed by atoms with Crippen molar-refractivity contribution >= 4 is 11.5 Å². The van der Waals surface area contributed by atoms with Gasteiger partial charge >= 0.3 is 5.95 Å². The van der Waals surface area contributed by atoms with Crippen molar-refractivity contribution in [3.05, 3.63) is 66.4 Å². The van der Waals surface area contributed by atoms with Crippen molar-refractivity contribution in [3.8, 4) is 17.4 Å². The summed E-state index contributed by atoms with van der Waals surface area (Å²) in [6, 6.07) is 19.1. The van der Waals surface area contributed by atoms with Gasteiger partial charge in [-0.1, -0.05) is 36.4 Å². The van der Waals surface area contributed by atoms with Crippen LogP contribution in [0, 0.1) is 0 Å². The van der Waals surface area contributed by atoms with Crippen LogP contribution < -0.4 is 0 Å². The molecule has 6 nitrogen and oxygen atoms in total. The lowest BCUT2D eigenvalue weighted by molar-refractivity contribution is 0.0681. The van der Waals surface area contributed by atoms with E-state index in [0.717, 1.165) is 11.3 Å². The Morgan fingerprint density at radius 1 is 0.962 bits per heavy atom. The third kappa shape index (κ3) is 3.45. The molecule has 0 aliphatic carbocycles. The molecule has 132 valence electrons. The molecule has 6 heteroatoms. The maximum absolute atomic E-state index is 10.4. The van der Waals surface area contributed by atoms with Crippen LogP contribution in [0.2, 0.25) is 0 Å². The first-order valence-corrected chi connectivity index (χ1v) is 8.53. The molecule has 0 unspecified atom stereocenters. The van der Waals surface area contributed by atoms with E-state index >= 15 is 0 Å². The highest BCUT2D eigenvalue weighted by atomic mass is 16.5. The van der Waals surface area contributed by atoms with E-state index in [2.05, 4.69) is 9.88 Å². The van der Waals surface area contributed by atoms with Gasteiger partial charge in [-0.2, -0.15) is 0 Å². The van der Waals surface area contributed by atoms with Gasteiger partial charge in [-0.05, 0) is 24.3 Å². The Bertz CT molecular complexity index is 885. The molecule has 0 atom stereocenters. The van der Waals surface area contributed by atoms with Crippen LogP contribution in [0.25, 0.3) is 11.5 Å². The fraction of sp³-hybridized carbons (Fsp3) is 0.200. The van der Waals surface area contributed by atoms with Gasteiger partial charge in [-0.15, -0.1) is 0 Å². The molecule has 1 aliphatic heterocycles. The molecule has 1 N–H and O–H groups in total. The number of para-hydroxylation sites is 1. The van der Waals surface area contributed by atoms with Crippen molar-refractivity contribution in [2.45, 2.75) is 0 Å². The Balaban J connectivity index is 1.77. The fourth-order valence-corrected chi connectivity index (χ4v) is 2.84.